The van der Waals surface area contributed by atoms with Gasteiger partial charge in [0.15, 0.2) is 0 Å². The molecule has 0 unspecified atom stereocenters. The van der Waals surface area contributed by atoms with Gasteiger partial charge in [-0.3, -0.25) is 19.7 Å². The molecular weight excluding hydrogens is 310 g/mol. The molecule has 2 aromatic rings. The van der Waals surface area contributed by atoms with Crippen molar-refractivity contribution >= 4 is 23.2 Å². The largest absolute Gasteiger partial charge is 0.352 e. The number of hydrogen-bond donors (Lipinski definition) is 2. The summed E-state index contributed by atoms with van der Waals surface area (Å²) in [6.07, 6.45) is 0.856. The van der Waals surface area contributed by atoms with E-state index in [9.17, 15) is 19.7 Å². The molecule has 0 spiro atoms. The van der Waals surface area contributed by atoms with Gasteiger partial charge in [-0.15, -0.1) is 0 Å². The average Bonchev–Trinajstić information content (AvgIpc) is 2.60. The Labute approximate surface area is 138 Å². The van der Waals surface area contributed by atoms with Crippen LogP contribution in [0.3, 0.4) is 0 Å². The Bertz CT molecular complexity index is 739. The molecule has 0 heterocycles. The third-order valence-electron chi connectivity index (χ3n) is 3.28. The fraction of sp³-hybridized carbons (Fsp3) is 0.176. The minimum atomic E-state index is -0.524. The van der Waals surface area contributed by atoms with Gasteiger partial charge in [0.1, 0.15) is 0 Å². The number of nitrogens with zero attached hydrogens (tertiary/aromatic N) is 1. The van der Waals surface area contributed by atoms with Gasteiger partial charge in [0.2, 0.25) is 0 Å². The van der Waals surface area contributed by atoms with Gasteiger partial charge >= 0.3 is 0 Å². The third-order valence-corrected chi connectivity index (χ3v) is 3.28. The highest BCUT2D eigenvalue weighted by molar-refractivity contribution is 6.04. The second kappa shape index (κ2) is 7.87. The lowest BCUT2D eigenvalue weighted by molar-refractivity contribution is -0.384. The lowest BCUT2D eigenvalue weighted by atomic mass is 10.1. The molecule has 7 nitrogen and oxygen atoms in total. The molecule has 0 fully saturated rings. The first-order valence-electron chi connectivity index (χ1n) is 7.45. The summed E-state index contributed by atoms with van der Waals surface area (Å²) in [4.78, 5) is 34.0. The normalized spacial score (nSPS) is 10.0. The molecule has 2 rings (SSSR count). The van der Waals surface area contributed by atoms with E-state index in [2.05, 4.69) is 10.6 Å². The molecule has 2 aromatic carbocycles. The van der Waals surface area contributed by atoms with E-state index in [4.69, 9.17) is 0 Å². The number of hydrogen-bond acceptors (Lipinski definition) is 4. The molecule has 124 valence electrons. The van der Waals surface area contributed by atoms with Crippen LogP contribution >= 0.6 is 0 Å². The van der Waals surface area contributed by atoms with Crippen LogP contribution in [0.2, 0.25) is 0 Å². The molecule has 0 aliphatic heterocycles. The quantitative estimate of drug-likeness (QED) is 0.629. The molecule has 0 bridgehead atoms. The predicted octanol–water partition coefficient (Wildman–Crippen LogP) is 2.99. The highest BCUT2D eigenvalue weighted by atomic mass is 16.6. The van der Waals surface area contributed by atoms with E-state index < -0.39 is 4.92 Å². The number of anilines is 1. The summed E-state index contributed by atoms with van der Waals surface area (Å²) >= 11 is 0. The molecular formula is C17H17N3O4. The Balaban J connectivity index is 2.01. The highest BCUT2D eigenvalue weighted by Gasteiger charge is 2.10. The van der Waals surface area contributed by atoms with Crippen molar-refractivity contribution in [3.63, 3.8) is 0 Å². The SMILES string of the molecule is CCCNC(=O)c1ccc(NC(=O)c2ccc([N+](=O)[O-])cc2)cc1. The van der Waals surface area contributed by atoms with E-state index in [1.165, 1.54) is 24.3 Å². The van der Waals surface area contributed by atoms with E-state index >= 15 is 0 Å². The van der Waals surface area contributed by atoms with Gasteiger partial charge in [-0.25, -0.2) is 0 Å². The molecule has 0 radical (unpaired) electrons. The molecule has 7 heteroatoms. The summed E-state index contributed by atoms with van der Waals surface area (Å²) in [6.45, 7) is 2.58. The van der Waals surface area contributed by atoms with Crippen molar-refractivity contribution in [2.24, 2.45) is 0 Å². The Kier molecular flexibility index (Phi) is 5.62. The van der Waals surface area contributed by atoms with Crippen LogP contribution in [-0.4, -0.2) is 23.3 Å². The van der Waals surface area contributed by atoms with Crippen LogP contribution < -0.4 is 10.6 Å². The van der Waals surface area contributed by atoms with Gasteiger partial charge in [-0.2, -0.15) is 0 Å². The van der Waals surface area contributed by atoms with Gasteiger partial charge in [0, 0.05) is 35.5 Å². The van der Waals surface area contributed by atoms with Crippen molar-refractivity contribution in [2.45, 2.75) is 13.3 Å². The van der Waals surface area contributed by atoms with E-state index in [1.807, 2.05) is 6.92 Å². The maximum atomic E-state index is 12.1. The van der Waals surface area contributed by atoms with Crippen molar-refractivity contribution in [1.82, 2.24) is 5.32 Å². The van der Waals surface area contributed by atoms with E-state index in [0.717, 1.165) is 6.42 Å². The van der Waals surface area contributed by atoms with Crippen molar-refractivity contribution < 1.29 is 14.5 Å². The maximum Gasteiger partial charge on any atom is 0.269 e. The summed E-state index contributed by atoms with van der Waals surface area (Å²) < 4.78 is 0. The van der Waals surface area contributed by atoms with Crippen molar-refractivity contribution in [3.8, 4) is 0 Å². The first kappa shape index (κ1) is 17.1. The van der Waals surface area contributed by atoms with Gasteiger partial charge in [-0.1, -0.05) is 6.92 Å². The van der Waals surface area contributed by atoms with Gasteiger partial charge in [-0.05, 0) is 42.8 Å². The maximum absolute atomic E-state index is 12.1. The summed E-state index contributed by atoms with van der Waals surface area (Å²) in [7, 11) is 0. The van der Waals surface area contributed by atoms with Crippen LogP contribution in [-0.2, 0) is 0 Å². The number of rotatable bonds is 6. The highest BCUT2D eigenvalue weighted by Crippen LogP contribution is 2.15. The molecule has 0 aromatic heterocycles. The second-order valence-electron chi connectivity index (χ2n) is 5.09. The topological polar surface area (TPSA) is 101 Å². The number of carbonyl (C=O) groups excluding carboxylic acids is 2. The van der Waals surface area contributed by atoms with Crippen LogP contribution in [0.15, 0.2) is 48.5 Å². The molecule has 24 heavy (non-hydrogen) atoms. The lowest BCUT2D eigenvalue weighted by Crippen LogP contribution is -2.23. The standard InChI is InChI=1S/C17H17N3O4/c1-2-11-18-16(21)12-3-7-14(8-4-12)19-17(22)13-5-9-15(10-6-13)20(23)24/h3-10H,2,11H2,1H3,(H,18,21)(H,19,22). The third kappa shape index (κ3) is 4.39. The fourth-order valence-corrected chi connectivity index (χ4v) is 1.98. The van der Waals surface area contributed by atoms with E-state index in [0.29, 0.717) is 23.4 Å². The Hall–Kier alpha value is -3.22. The Morgan fingerprint density at radius 1 is 0.958 bits per heavy atom. The van der Waals surface area contributed by atoms with Crippen molar-refractivity contribution in [2.75, 3.05) is 11.9 Å². The number of benzene rings is 2. The fourth-order valence-electron chi connectivity index (χ4n) is 1.98. The van der Waals surface area contributed by atoms with Gasteiger partial charge < -0.3 is 10.6 Å². The van der Waals surface area contributed by atoms with Crippen LogP contribution in [0.25, 0.3) is 0 Å². The number of non-ortho nitro benzene ring substituents is 1. The summed E-state index contributed by atoms with van der Waals surface area (Å²) in [5, 5.41) is 16.0. The Morgan fingerprint density at radius 3 is 2.04 bits per heavy atom. The van der Waals surface area contributed by atoms with Gasteiger partial charge in [0.25, 0.3) is 17.5 Å². The molecule has 0 saturated carbocycles. The van der Waals surface area contributed by atoms with Crippen LogP contribution in [0.4, 0.5) is 11.4 Å². The van der Waals surface area contributed by atoms with E-state index in [-0.39, 0.29) is 17.5 Å². The van der Waals surface area contributed by atoms with E-state index in [1.54, 1.807) is 24.3 Å². The summed E-state index contributed by atoms with van der Waals surface area (Å²) in [6, 6.07) is 11.8. The second-order valence-corrected chi connectivity index (χ2v) is 5.09. The summed E-state index contributed by atoms with van der Waals surface area (Å²) in [5.41, 5.74) is 1.28. The molecule has 0 aliphatic carbocycles. The minimum Gasteiger partial charge on any atom is -0.352 e. The smallest absolute Gasteiger partial charge is 0.269 e. The number of nitro groups is 1. The summed E-state index contributed by atoms with van der Waals surface area (Å²) in [5.74, 6) is -0.543. The molecule has 0 aliphatic rings. The zero-order chi connectivity index (χ0) is 17.5. The van der Waals surface area contributed by atoms with Crippen LogP contribution in [0, 0.1) is 10.1 Å². The first-order chi connectivity index (χ1) is 11.5. The average molecular weight is 327 g/mol. The van der Waals surface area contributed by atoms with Gasteiger partial charge in [0.05, 0.1) is 4.92 Å². The predicted molar refractivity (Wildman–Crippen MR) is 90.1 cm³/mol. The van der Waals surface area contributed by atoms with Crippen molar-refractivity contribution in [3.05, 3.63) is 69.8 Å². The first-order valence-corrected chi connectivity index (χ1v) is 7.45. The number of nitro benzene ring substituents is 1. The van der Waals surface area contributed by atoms with Crippen molar-refractivity contribution in [1.29, 1.82) is 0 Å². The lowest BCUT2D eigenvalue weighted by Gasteiger charge is -2.07. The molecule has 2 amide bonds. The molecule has 0 saturated heterocycles. The monoisotopic (exact) mass is 327 g/mol. The van der Waals surface area contributed by atoms with Crippen LogP contribution in [0.5, 0.6) is 0 Å². The number of carbonyl (C=O) groups is 2. The zero-order valence-corrected chi connectivity index (χ0v) is 13.1. The Morgan fingerprint density at radius 2 is 1.50 bits per heavy atom. The minimum absolute atomic E-state index is 0.0750. The molecule has 0 atom stereocenters. The number of nitrogens with one attached hydrogen (secondary N) is 2. The molecule has 2 N–H and O–H groups in total. The number of amides is 2. The zero-order valence-electron chi connectivity index (χ0n) is 13.1. The van der Waals surface area contributed by atoms with Crippen LogP contribution in [0.1, 0.15) is 34.1 Å².